The van der Waals surface area contributed by atoms with Crippen LogP contribution in [0.25, 0.3) is 11.1 Å². The topological polar surface area (TPSA) is 38.7 Å². The van der Waals surface area contributed by atoms with Crippen molar-refractivity contribution in [2.75, 3.05) is 6.61 Å². The van der Waals surface area contributed by atoms with Gasteiger partial charge in [-0.25, -0.2) is 17.6 Å². The fraction of sp³-hybridized carbons (Fsp3) is 0.379. The average Bonchev–Trinajstić information content (AvgIpc) is 2.88. The Bertz CT molecular complexity index is 1250. The predicted molar refractivity (Wildman–Crippen MR) is 130 cm³/mol. The molecule has 1 fully saturated rings. The molecule has 0 radical (unpaired) electrons. The van der Waals surface area contributed by atoms with Crippen LogP contribution in [0.4, 0.5) is 22.0 Å². The molecular weight excluding hydrogens is 491 g/mol. The van der Waals surface area contributed by atoms with Crippen molar-refractivity contribution in [3.8, 4) is 16.9 Å². The van der Waals surface area contributed by atoms with Gasteiger partial charge in [0.25, 0.3) is 0 Å². The van der Waals surface area contributed by atoms with Crippen LogP contribution >= 0.6 is 0 Å². The third kappa shape index (κ3) is 5.80. The lowest BCUT2D eigenvalue weighted by molar-refractivity contribution is 0.0119. The van der Waals surface area contributed by atoms with Crippen molar-refractivity contribution < 1.29 is 36.5 Å². The Labute approximate surface area is 212 Å². The summed E-state index contributed by atoms with van der Waals surface area (Å²) in [6.45, 7) is 3.22. The van der Waals surface area contributed by atoms with Gasteiger partial charge in [0.15, 0.2) is 23.2 Å². The minimum atomic E-state index is -1.12. The fourth-order valence-electron chi connectivity index (χ4n) is 4.82. The summed E-state index contributed by atoms with van der Waals surface area (Å²) in [5.41, 5.74) is 0.619. The van der Waals surface area contributed by atoms with Crippen LogP contribution in [0.2, 0.25) is 0 Å². The lowest BCUT2D eigenvalue weighted by Gasteiger charge is -2.29. The summed E-state index contributed by atoms with van der Waals surface area (Å²) in [6, 6.07) is 9.73. The van der Waals surface area contributed by atoms with Gasteiger partial charge in [-0.2, -0.15) is 4.39 Å². The van der Waals surface area contributed by atoms with Crippen molar-refractivity contribution in [3.63, 3.8) is 0 Å². The molecule has 0 saturated heterocycles. The summed E-state index contributed by atoms with van der Waals surface area (Å²) in [7, 11) is 0. The van der Waals surface area contributed by atoms with Gasteiger partial charge in [0, 0.05) is 16.7 Å². The molecule has 0 spiro atoms. The van der Waals surface area contributed by atoms with E-state index in [1.54, 1.807) is 6.92 Å². The highest BCUT2D eigenvalue weighted by Crippen LogP contribution is 2.37. The molecule has 3 nitrogen and oxygen atoms in total. The Morgan fingerprint density at radius 2 is 1.59 bits per heavy atom. The van der Waals surface area contributed by atoms with E-state index < -0.39 is 35.2 Å². The van der Waals surface area contributed by atoms with Crippen molar-refractivity contribution in [1.82, 2.24) is 0 Å². The number of benzene rings is 3. The molecule has 198 valence electrons. The monoisotopic (exact) mass is 520 g/mol. The average molecular weight is 521 g/mol. The van der Waals surface area contributed by atoms with Crippen LogP contribution in [0.1, 0.15) is 68.2 Å². The molecule has 1 atom stereocenters. The highest BCUT2D eigenvalue weighted by atomic mass is 19.2. The number of aliphatic hydroxyl groups is 1. The molecule has 37 heavy (non-hydrogen) atoms. The van der Waals surface area contributed by atoms with Gasteiger partial charge in [-0.05, 0) is 74.8 Å². The highest BCUT2D eigenvalue weighted by molar-refractivity contribution is 5.65. The minimum absolute atomic E-state index is 0.00631. The van der Waals surface area contributed by atoms with Crippen LogP contribution in [0.3, 0.4) is 0 Å². The molecule has 1 aliphatic rings. The molecule has 1 N–H and O–H groups in total. The minimum Gasteiger partial charge on any atom is -0.491 e. The maximum Gasteiger partial charge on any atom is 0.201 e. The summed E-state index contributed by atoms with van der Waals surface area (Å²) in [5.74, 6) is -5.14. The first-order valence-corrected chi connectivity index (χ1v) is 12.4. The number of rotatable bonds is 8. The summed E-state index contributed by atoms with van der Waals surface area (Å²) < 4.78 is 83.2. The van der Waals surface area contributed by atoms with Crippen LogP contribution in [0, 0.1) is 29.1 Å². The van der Waals surface area contributed by atoms with E-state index in [4.69, 9.17) is 9.47 Å². The van der Waals surface area contributed by atoms with Crippen LogP contribution in [0.5, 0.6) is 5.75 Å². The summed E-state index contributed by atoms with van der Waals surface area (Å²) in [4.78, 5) is 0. The van der Waals surface area contributed by atoms with Gasteiger partial charge in [0.1, 0.15) is 5.82 Å². The van der Waals surface area contributed by atoms with E-state index >= 15 is 0 Å². The molecule has 8 heteroatoms. The second-order valence-corrected chi connectivity index (χ2v) is 9.31. The van der Waals surface area contributed by atoms with E-state index in [-0.39, 0.29) is 53.2 Å². The zero-order valence-electron chi connectivity index (χ0n) is 20.7. The maximum absolute atomic E-state index is 14.8. The normalized spacial score (nSPS) is 18.6. The van der Waals surface area contributed by atoms with Gasteiger partial charge in [0.2, 0.25) is 5.82 Å². The Morgan fingerprint density at radius 1 is 0.865 bits per heavy atom. The van der Waals surface area contributed by atoms with E-state index in [9.17, 15) is 27.1 Å². The van der Waals surface area contributed by atoms with Crippen molar-refractivity contribution >= 4 is 0 Å². The summed E-state index contributed by atoms with van der Waals surface area (Å²) in [6.07, 6.45) is 1.10. The molecule has 0 aliphatic heterocycles. The van der Waals surface area contributed by atoms with Crippen molar-refractivity contribution in [1.29, 1.82) is 0 Å². The molecule has 1 aliphatic carbocycles. The van der Waals surface area contributed by atoms with Crippen LogP contribution in [-0.2, 0) is 11.3 Å². The number of hydrogen-bond acceptors (Lipinski definition) is 3. The van der Waals surface area contributed by atoms with Gasteiger partial charge < -0.3 is 14.6 Å². The fourth-order valence-corrected chi connectivity index (χ4v) is 4.82. The standard InChI is InChI=1S/C29H29F5O3/c1-3-36-25-13-12-23(28(33)29(25)34)18-4-5-19(24(30)14-18)15-37-20-8-6-17(7-9-20)22-11-10-21(16(2)35)26(31)27(22)32/h4-5,10-14,16-17,20,35H,3,6-9,15H2,1-2H3. The molecule has 3 aromatic carbocycles. The van der Waals surface area contributed by atoms with E-state index in [0.29, 0.717) is 31.2 Å². The number of aliphatic hydroxyl groups excluding tert-OH is 1. The molecule has 0 amide bonds. The number of halogens is 5. The smallest absolute Gasteiger partial charge is 0.201 e. The lowest BCUT2D eigenvalue weighted by Crippen LogP contribution is -2.22. The van der Waals surface area contributed by atoms with Gasteiger partial charge in [-0.15, -0.1) is 0 Å². The quantitative estimate of drug-likeness (QED) is 0.309. The van der Waals surface area contributed by atoms with Crippen molar-refractivity contribution in [2.45, 2.75) is 64.3 Å². The Morgan fingerprint density at radius 3 is 2.24 bits per heavy atom. The summed E-state index contributed by atoms with van der Waals surface area (Å²) >= 11 is 0. The second-order valence-electron chi connectivity index (χ2n) is 9.31. The molecule has 1 saturated carbocycles. The first kappa shape index (κ1) is 27.1. The Hall–Kier alpha value is -2.97. The van der Waals surface area contributed by atoms with Gasteiger partial charge in [-0.1, -0.05) is 24.3 Å². The molecular formula is C29H29F5O3. The SMILES string of the molecule is CCOc1ccc(-c2ccc(COC3CCC(c4ccc(C(C)O)c(F)c4F)CC3)c(F)c2)c(F)c1F. The molecule has 0 aromatic heterocycles. The molecule has 4 rings (SSSR count). The van der Waals surface area contributed by atoms with Crippen LogP contribution in [-0.4, -0.2) is 17.8 Å². The Kier molecular flexibility index (Phi) is 8.49. The van der Waals surface area contributed by atoms with Crippen LogP contribution in [0.15, 0.2) is 42.5 Å². The van der Waals surface area contributed by atoms with E-state index in [1.165, 1.54) is 43.3 Å². The number of ether oxygens (including phenoxy) is 2. The molecule has 0 heterocycles. The Balaban J connectivity index is 1.36. The third-order valence-corrected chi connectivity index (χ3v) is 6.89. The molecule has 3 aromatic rings. The van der Waals surface area contributed by atoms with E-state index in [2.05, 4.69) is 0 Å². The summed E-state index contributed by atoms with van der Waals surface area (Å²) in [5, 5.41) is 9.58. The van der Waals surface area contributed by atoms with E-state index in [1.807, 2.05) is 0 Å². The highest BCUT2D eigenvalue weighted by Gasteiger charge is 2.27. The predicted octanol–water partition coefficient (Wildman–Crippen LogP) is 7.74. The van der Waals surface area contributed by atoms with Gasteiger partial charge in [0.05, 0.1) is 25.4 Å². The zero-order chi connectivity index (χ0) is 26.7. The van der Waals surface area contributed by atoms with E-state index in [0.717, 1.165) is 6.07 Å². The first-order chi connectivity index (χ1) is 17.7. The second kappa shape index (κ2) is 11.6. The van der Waals surface area contributed by atoms with Gasteiger partial charge in [-0.3, -0.25) is 0 Å². The van der Waals surface area contributed by atoms with Crippen molar-refractivity contribution in [2.24, 2.45) is 0 Å². The zero-order valence-corrected chi connectivity index (χ0v) is 20.7. The molecule has 0 bridgehead atoms. The number of hydrogen-bond donors (Lipinski definition) is 1. The molecule has 1 unspecified atom stereocenters. The van der Waals surface area contributed by atoms with Crippen LogP contribution < -0.4 is 4.74 Å². The largest absolute Gasteiger partial charge is 0.491 e. The van der Waals surface area contributed by atoms with Crippen molar-refractivity contribution in [3.05, 3.63) is 88.2 Å². The third-order valence-electron chi connectivity index (χ3n) is 6.89. The first-order valence-electron chi connectivity index (χ1n) is 12.4. The maximum atomic E-state index is 14.8. The van der Waals surface area contributed by atoms with Gasteiger partial charge >= 0.3 is 0 Å². The lowest BCUT2D eigenvalue weighted by atomic mass is 9.82.